The fourth-order valence-electron chi connectivity index (χ4n) is 5.93. The summed E-state index contributed by atoms with van der Waals surface area (Å²) in [6, 6.07) is 4.81. The van der Waals surface area contributed by atoms with Crippen LogP contribution in [0.25, 0.3) is 22.2 Å². The maximum Gasteiger partial charge on any atom is 0.263 e. The Labute approximate surface area is 269 Å². The molecule has 2 aliphatic rings. The van der Waals surface area contributed by atoms with Crippen LogP contribution in [0.3, 0.4) is 0 Å². The number of carbonyl (C=O) groups excluding carboxylic acids is 2. The number of amides is 2. The molecule has 0 bridgehead atoms. The van der Waals surface area contributed by atoms with Crippen molar-refractivity contribution >= 4 is 57.6 Å². The second-order valence-corrected chi connectivity index (χ2v) is 12.7. The second-order valence-electron chi connectivity index (χ2n) is 11.9. The molecule has 0 spiro atoms. The van der Waals surface area contributed by atoms with E-state index < -0.39 is 17.6 Å². The lowest BCUT2D eigenvalue weighted by molar-refractivity contribution is -0.116. The van der Waals surface area contributed by atoms with Crippen molar-refractivity contribution in [3.63, 3.8) is 0 Å². The summed E-state index contributed by atoms with van der Waals surface area (Å²) in [6.45, 7) is 7.54. The summed E-state index contributed by atoms with van der Waals surface area (Å²) in [5.74, 6) is 0.263. The number of nitrogens with two attached hydrogens (primary N) is 1. The number of pyridine rings is 1. The highest BCUT2D eigenvalue weighted by Gasteiger charge is 2.30. The number of phenols is 1. The molecule has 45 heavy (non-hydrogen) atoms. The maximum absolute atomic E-state index is 13.4. The van der Waals surface area contributed by atoms with Crippen LogP contribution in [0, 0.1) is 12.8 Å². The van der Waals surface area contributed by atoms with Crippen molar-refractivity contribution in [2.45, 2.75) is 39.3 Å². The predicted octanol–water partition coefficient (Wildman–Crippen LogP) is 3.78. The lowest BCUT2D eigenvalue weighted by atomic mass is 10.0. The summed E-state index contributed by atoms with van der Waals surface area (Å²) in [5.41, 5.74) is 6.31. The molecule has 0 radical (unpaired) electrons. The van der Waals surface area contributed by atoms with Crippen LogP contribution in [0.1, 0.15) is 35.9 Å². The molecule has 0 unspecified atom stereocenters. The standard InChI is InChI=1S/C31H34Cl2N8O4/c1-16-12-39(13-18-4-5-18)6-7-41(16)25-10-24(23(33)11-35-25)37-26(42)15-40-14-21(27-30(40)36-17(2)38(3)31(27)45)19-8-20(29(34)44)28(43)22(32)9-19/h8-11,14,16,18,43H,4-7,12-13,15H2,1-3H3,(H2,34,44)(H,35,37,42)/t16-/m0/s1. The van der Waals surface area contributed by atoms with E-state index in [1.54, 1.807) is 37.0 Å². The van der Waals surface area contributed by atoms with Gasteiger partial charge in [0.15, 0.2) is 0 Å². The monoisotopic (exact) mass is 652 g/mol. The molecular weight excluding hydrogens is 619 g/mol. The zero-order valence-corrected chi connectivity index (χ0v) is 26.7. The van der Waals surface area contributed by atoms with E-state index in [0.717, 1.165) is 37.9 Å². The third-order valence-electron chi connectivity index (χ3n) is 8.61. The number of nitrogens with one attached hydrogen (secondary N) is 1. The van der Waals surface area contributed by atoms with Crippen molar-refractivity contribution in [2.24, 2.45) is 18.7 Å². The number of carbonyl (C=O) groups is 2. The molecule has 3 aromatic heterocycles. The van der Waals surface area contributed by atoms with E-state index in [4.69, 9.17) is 28.9 Å². The van der Waals surface area contributed by atoms with Crippen LogP contribution in [-0.4, -0.2) is 73.1 Å². The summed E-state index contributed by atoms with van der Waals surface area (Å²) >= 11 is 12.7. The van der Waals surface area contributed by atoms with E-state index in [1.807, 2.05) is 0 Å². The van der Waals surface area contributed by atoms with Gasteiger partial charge in [-0.25, -0.2) is 9.97 Å². The van der Waals surface area contributed by atoms with E-state index in [0.29, 0.717) is 27.7 Å². The highest BCUT2D eigenvalue weighted by Crippen LogP contribution is 2.36. The number of benzene rings is 1. The zero-order valence-electron chi connectivity index (χ0n) is 25.2. The van der Waals surface area contributed by atoms with Gasteiger partial charge in [0.2, 0.25) is 5.91 Å². The molecule has 4 heterocycles. The van der Waals surface area contributed by atoms with Crippen LogP contribution in [0.15, 0.2) is 35.4 Å². The fourth-order valence-corrected chi connectivity index (χ4v) is 6.30. The van der Waals surface area contributed by atoms with Crippen molar-refractivity contribution in [1.29, 1.82) is 0 Å². The Morgan fingerprint density at radius 3 is 2.60 bits per heavy atom. The highest BCUT2D eigenvalue weighted by atomic mass is 35.5. The third kappa shape index (κ3) is 6.09. The van der Waals surface area contributed by atoms with Gasteiger partial charge in [-0.1, -0.05) is 23.2 Å². The predicted molar refractivity (Wildman–Crippen MR) is 174 cm³/mol. The Hall–Kier alpha value is -4.13. The first-order valence-electron chi connectivity index (χ1n) is 14.7. The molecule has 1 aliphatic heterocycles. The van der Waals surface area contributed by atoms with E-state index in [2.05, 4.69) is 32.0 Å². The minimum Gasteiger partial charge on any atom is -0.506 e. The van der Waals surface area contributed by atoms with Gasteiger partial charge in [0.1, 0.15) is 29.6 Å². The van der Waals surface area contributed by atoms with Gasteiger partial charge in [0, 0.05) is 57.1 Å². The van der Waals surface area contributed by atoms with Gasteiger partial charge in [-0.05, 0) is 50.3 Å². The molecule has 4 N–H and O–H groups in total. The SMILES string of the molecule is Cc1nc2c(c(-c3cc(Cl)c(O)c(C(N)=O)c3)cn2CC(=O)Nc2cc(N3CCN(CC4CC4)C[C@@H]3C)ncc2Cl)c(=O)n1C. The Balaban J connectivity index is 1.29. The Bertz CT molecular complexity index is 1900. The number of halogens is 2. The van der Waals surface area contributed by atoms with E-state index in [9.17, 15) is 19.5 Å². The third-order valence-corrected chi connectivity index (χ3v) is 9.20. The first-order chi connectivity index (χ1) is 21.4. The Morgan fingerprint density at radius 1 is 1.16 bits per heavy atom. The van der Waals surface area contributed by atoms with Crippen molar-refractivity contribution < 1.29 is 14.7 Å². The molecule has 4 aromatic rings. The number of rotatable bonds is 8. The number of aromatic hydroxyl groups is 1. The molecule has 1 saturated carbocycles. The summed E-state index contributed by atoms with van der Waals surface area (Å²) in [6.07, 6.45) is 5.78. The highest BCUT2D eigenvalue weighted by molar-refractivity contribution is 6.34. The summed E-state index contributed by atoms with van der Waals surface area (Å²) in [7, 11) is 1.59. The number of primary amides is 1. The molecule has 6 rings (SSSR count). The van der Waals surface area contributed by atoms with Crippen molar-refractivity contribution in [2.75, 3.05) is 36.4 Å². The topological polar surface area (TPSA) is 152 Å². The van der Waals surface area contributed by atoms with Gasteiger partial charge < -0.3 is 25.6 Å². The number of nitrogens with zero attached hydrogens (tertiary/aromatic N) is 6. The molecule has 1 atom stereocenters. The van der Waals surface area contributed by atoms with Crippen LogP contribution in [-0.2, 0) is 18.4 Å². The van der Waals surface area contributed by atoms with Crippen LogP contribution in [0.2, 0.25) is 10.0 Å². The molecule has 1 aliphatic carbocycles. The minimum atomic E-state index is -0.885. The van der Waals surface area contributed by atoms with E-state index in [-0.39, 0.29) is 39.8 Å². The zero-order chi connectivity index (χ0) is 32.2. The first-order valence-corrected chi connectivity index (χ1v) is 15.5. The molecule has 12 nitrogen and oxygen atoms in total. The van der Waals surface area contributed by atoms with E-state index >= 15 is 0 Å². The molecule has 14 heteroatoms. The number of piperazine rings is 1. The molecule has 2 amide bonds. The quantitative estimate of drug-likeness (QED) is 0.260. The van der Waals surface area contributed by atoms with Gasteiger partial charge in [0.25, 0.3) is 11.5 Å². The van der Waals surface area contributed by atoms with Gasteiger partial charge in [0.05, 0.1) is 32.9 Å². The number of hydrogen-bond donors (Lipinski definition) is 3. The Morgan fingerprint density at radius 2 is 1.91 bits per heavy atom. The molecule has 1 saturated heterocycles. The van der Waals surface area contributed by atoms with Gasteiger partial charge in [-0.2, -0.15) is 0 Å². The summed E-state index contributed by atoms with van der Waals surface area (Å²) in [4.78, 5) is 52.8. The number of aryl methyl sites for hydroxylation is 1. The van der Waals surface area contributed by atoms with Gasteiger partial charge >= 0.3 is 0 Å². The first kappa shape index (κ1) is 30.9. The van der Waals surface area contributed by atoms with Crippen molar-refractivity contribution in [3.8, 4) is 16.9 Å². The van der Waals surface area contributed by atoms with Gasteiger partial charge in [-0.15, -0.1) is 0 Å². The average molecular weight is 654 g/mol. The van der Waals surface area contributed by atoms with Crippen LogP contribution >= 0.6 is 23.2 Å². The normalized spacial score (nSPS) is 17.2. The molecule has 236 valence electrons. The number of hydrogen-bond acceptors (Lipinski definition) is 8. The Kier molecular flexibility index (Phi) is 8.23. The average Bonchev–Trinajstić information content (AvgIpc) is 3.74. The minimum absolute atomic E-state index is 0.112. The molecular formula is C31H34Cl2N8O4. The number of fused-ring (bicyclic) bond motifs is 1. The maximum atomic E-state index is 13.4. The number of aromatic nitrogens is 4. The van der Waals surface area contributed by atoms with Crippen molar-refractivity contribution in [1.82, 2.24) is 24.0 Å². The van der Waals surface area contributed by atoms with Crippen LogP contribution < -0.4 is 21.5 Å². The summed E-state index contributed by atoms with van der Waals surface area (Å²) in [5, 5.41) is 13.5. The fraction of sp³-hybridized carbons (Fsp3) is 0.387. The second kappa shape index (κ2) is 12.0. The number of anilines is 2. The smallest absolute Gasteiger partial charge is 0.263 e. The van der Waals surface area contributed by atoms with Crippen LogP contribution in [0.4, 0.5) is 11.5 Å². The summed E-state index contributed by atoms with van der Waals surface area (Å²) < 4.78 is 2.94. The molecule has 1 aromatic carbocycles. The van der Waals surface area contributed by atoms with Crippen LogP contribution in [0.5, 0.6) is 5.75 Å². The lowest BCUT2D eigenvalue weighted by Gasteiger charge is -2.40. The largest absolute Gasteiger partial charge is 0.506 e. The van der Waals surface area contributed by atoms with Crippen molar-refractivity contribution in [3.05, 3.63) is 62.4 Å². The molecule has 2 fully saturated rings. The van der Waals surface area contributed by atoms with E-state index in [1.165, 1.54) is 29.5 Å². The lowest BCUT2D eigenvalue weighted by Crippen LogP contribution is -2.52. The van der Waals surface area contributed by atoms with Gasteiger partial charge in [-0.3, -0.25) is 23.9 Å².